The second-order valence-electron chi connectivity index (χ2n) is 4.42. The first-order chi connectivity index (χ1) is 7.59. The molecule has 88 valence electrons. The fraction of sp³-hybridized carbons (Fsp3) is 0.636. The Kier molecular flexibility index (Phi) is 2.85. The molecule has 1 aliphatic rings. The van der Waals surface area contributed by atoms with Crippen molar-refractivity contribution in [3.63, 3.8) is 0 Å². The zero-order valence-electron chi connectivity index (χ0n) is 9.16. The first kappa shape index (κ1) is 11.0. The van der Waals surface area contributed by atoms with E-state index in [4.69, 9.17) is 9.63 Å². The molecule has 0 amide bonds. The van der Waals surface area contributed by atoms with Gasteiger partial charge in [0.1, 0.15) is 0 Å². The van der Waals surface area contributed by atoms with E-state index in [9.17, 15) is 9.59 Å². The minimum absolute atomic E-state index is 0.227. The molecule has 0 radical (unpaired) electrons. The Balaban J connectivity index is 2.07. The van der Waals surface area contributed by atoms with Gasteiger partial charge in [0.2, 0.25) is 0 Å². The summed E-state index contributed by atoms with van der Waals surface area (Å²) >= 11 is 0. The molecule has 1 aromatic rings. The molecule has 0 aromatic carbocycles. The number of carboxylic acids is 1. The summed E-state index contributed by atoms with van der Waals surface area (Å²) in [5.41, 5.74) is 1.14. The van der Waals surface area contributed by atoms with Crippen molar-refractivity contribution < 1.29 is 14.4 Å². The lowest BCUT2D eigenvalue weighted by Gasteiger charge is -2.25. The molecule has 1 heterocycles. The molecule has 1 saturated carbocycles. The Labute approximate surface area is 92.4 Å². The molecular weight excluding hydrogens is 210 g/mol. The minimum atomic E-state index is -0.712. The lowest BCUT2D eigenvalue weighted by molar-refractivity contribution is -0.142. The SMILES string of the molecule is Cc1c(C2CCC(C(=O)O)CC2)[nH]oc1=O. The summed E-state index contributed by atoms with van der Waals surface area (Å²) in [4.78, 5) is 22.0. The van der Waals surface area contributed by atoms with Crippen molar-refractivity contribution in [2.24, 2.45) is 5.92 Å². The molecule has 5 nitrogen and oxygen atoms in total. The molecular formula is C11H15NO4. The number of aromatic amines is 1. The number of hydrogen-bond donors (Lipinski definition) is 2. The number of nitrogens with one attached hydrogen (secondary N) is 1. The van der Waals surface area contributed by atoms with E-state index in [1.165, 1.54) is 0 Å². The van der Waals surface area contributed by atoms with Crippen LogP contribution in [0.4, 0.5) is 0 Å². The molecule has 0 saturated heterocycles. The van der Waals surface area contributed by atoms with Crippen molar-refractivity contribution in [1.82, 2.24) is 5.16 Å². The van der Waals surface area contributed by atoms with Crippen LogP contribution in [0.2, 0.25) is 0 Å². The van der Waals surface area contributed by atoms with Crippen LogP contribution in [-0.2, 0) is 4.79 Å². The van der Waals surface area contributed by atoms with Crippen LogP contribution in [0.1, 0.15) is 42.9 Å². The molecule has 1 fully saturated rings. The zero-order chi connectivity index (χ0) is 11.7. The van der Waals surface area contributed by atoms with Crippen molar-refractivity contribution in [1.29, 1.82) is 0 Å². The molecule has 0 bridgehead atoms. The average molecular weight is 225 g/mol. The molecule has 2 rings (SSSR count). The third-order valence-electron chi connectivity index (χ3n) is 3.45. The van der Waals surface area contributed by atoms with Crippen LogP contribution in [-0.4, -0.2) is 16.2 Å². The molecule has 16 heavy (non-hydrogen) atoms. The zero-order valence-corrected chi connectivity index (χ0v) is 9.16. The first-order valence-electron chi connectivity index (χ1n) is 5.50. The fourth-order valence-corrected chi connectivity index (χ4v) is 2.38. The van der Waals surface area contributed by atoms with Crippen molar-refractivity contribution in [3.8, 4) is 0 Å². The molecule has 0 atom stereocenters. The van der Waals surface area contributed by atoms with Crippen LogP contribution in [0, 0.1) is 12.8 Å². The lowest BCUT2D eigenvalue weighted by Crippen LogP contribution is -2.21. The van der Waals surface area contributed by atoms with Crippen molar-refractivity contribution in [3.05, 3.63) is 21.7 Å². The highest BCUT2D eigenvalue weighted by Gasteiger charge is 2.29. The summed E-state index contributed by atoms with van der Waals surface area (Å²) < 4.78 is 4.73. The maximum atomic E-state index is 11.2. The van der Waals surface area contributed by atoms with Crippen LogP contribution in [0.25, 0.3) is 0 Å². The number of aliphatic carboxylic acids is 1. The highest BCUT2D eigenvalue weighted by atomic mass is 16.5. The molecule has 0 spiro atoms. The van der Waals surface area contributed by atoms with Gasteiger partial charge < -0.3 is 9.63 Å². The molecule has 0 unspecified atom stereocenters. The Morgan fingerprint density at radius 2 is 2.00 bits per heavy atom. The molecule has 0 aliphatic heterocycles. The standard InChI is InChI=1S/C11H15NO4/c1-6-9(12-16-11(6)15)7-2-4-8(5-3-7)10(13)14/h7-8,12H,2-5H2,1H3,(H,13,14). The summed E-state index contributed by atoms with van der Waals surface area (Å²) in [5, 5.41) is 11.5. The number of carbonyl (C=O) groups is 1. The van der Waals surface area contributed by atoms with Gasteiger partial charge in [-0.2, -0.15) is 0 Å². The van der Waals surface area contributed by atoms with E-state index < -0.39 is 5.97 Å². The van der Waals surface area contributed by atoms with Gasteiger partial charge in [-0.3, -0.25) is 4.79 Å². The predicted molar refractivity (Wildman–Crippen MR) is 56.4 cm³/mol. The van der Waals surface area contributed by atoms with Crippen LogP contribution in [0.5, 0.6) is 0 Å². The highest BCUT2D eigenvalue weighted by molar-refractivity contribution is 5.70. The number of aromatic nitrogens is 1. The van der Waals surface area contributed by atoms with E-state index >= 15 is 0 Å². The summed E-state index contributed by atoms with van der Waals surface area (Å²) in [6.07, 6.45) is 2.94. The lowest BCUT2D eigenvalue weighted by atomic mass is 9.80. The maximum Gasteiger partial charge on any atom is 0.360 e. The van der Waals surface area contributed by atoms with E-state index in [1.54, 1.807) is 6.92 Å². The first-order valence-corrected chi connectivity index (χ1v) is 5.50. The molecule has 1 aliphatic carbocycles. The largest absolute Gasteiger partial charge is 0.481 e. The van der Waals surface area contributed by atoms with Gasteiger partial charge in [0.25, 0.3) is 0 Å². The Bertz CT molecular complexity index is 437. The average Bonchev–Trinajstić information content (AvgIpc) is 2.60. The Morgan fingerprint density at radius 3 is 2.44 bits per heavy atom. The number of rotatable bonds is 2. The smallest absolute Gasteiger partial charge is 0.360 e. The fourth-order valence-electron chi connectivity index (χ4n) is 2.38. The van der Waals surface area contributed by atoms with Gasteiger partial charge in [-0.25, -0.2) is 9.95 Å². The number of hydrogen-bond acceptors (Lipinski definition) is 3. The van der Waals surface area contributed by atoms with Crippen molar-refractivity contribution in [2.45, 2.75) is 38.5 Å². The molecule has 1 aromatic heterocycles. The van der Waals surface area contributed by atoms with Crippen molar-refractivity contribution in [2.75, 3.05) is 0 Å². The summed E-state index contributed by atoms with van der Waals surface area (Å²) in [5.74, 6) is -0.701. The Morgan fingerprint density at radius 1 is 1.38 bits per heavy atom. The van der Waals surface area contributed by atoms with Crippen molar-refractivity contribution >= 4 is 5.97 Å². The maximum absolute atomic E-state index is 11.2. The number of H-pyrrole nitrogens is 1. The van der Waals surface area contributed by atoms with Gasteiger partial charge >= 0.3 is 11.6 Å². The van der Waals surface area contributed by atoms with E-state index in [2.05, 4.69) is 5.16 Å². The quantitative estimate of drug-likeness (QED) is 0.801. The number of carboxylic acid groups (broad SMARTS) is 1. The topological polar surface area (TPSA) is 83.3 Å². The normalized spacial score (nSPS) is 25.6. The summed E-state index contributed by atoms with van der Waals surface area (Å²) in [6.45, 7) is 1.74. The molecule has 2 N–H and O–H groups in total. The summed E-state index contributed by atoms with van der Waals surface area (Å²) in [7, 11) is 0. The monoisotopic (exact) mass is 225 g/mol. The third-order valence-corrected chi connectivity index (χ3v) is 3.45. The van der Waals surface area contributed by atoms with E-state index in [1.807, 2.05) is 0 Å². The van der Waals surface area contributed by atoms with Gasteiger partial charge in [0.15, 0.2) is 0 Å². The second-order valence-corrected chi connectivity index (χ2v) is 4.42. The summed E-state index contributed by atoms with van der Waals surface area (Å²) in [6, 6.07) is 0. The van der Waals surface area contributed by atoms with Gasteiger partial charge in [-0.15, -0.1) is 0 Å². The van der Waals surface area contributed by atoms with Gasteiger partial charge in [0, 0.05) is 5.92 Å². The van der Waals surface area contributed by atoms with Gasteiger partial charge in [-0.05, 0) is 32.6 Å². The van der Waals surface area contributed by atoms with E-state index in [0.717, 1.165) is 18.5 Å². The predicted octanol–water partition coefficient (Wildman–Crippen LogP) is 1.63. The third kappa shape index (κ3) is 1.89. The van der Waals surface area contributed by atoms with Gasteiger partial charge in [-0.1, -0.05) is 0 Å². The Hall–Kier alpha value is -1.52. The highest BCUT2D eigenvalue weighted by Crippen LogP contribution is 2.35. The van der Waals surface area contributed by atoms with E-state index in [-0.39, 0.29) is 17.5 Å². The van der Waals surface area contributed by atoms with E-state index in [0.29, 0.717) is 18.4 Å². The van der Waals surface area contributed by atoms with Gasteiger partial charge in [0.05, 0.1) is 17.2 Å². The second kappa shape index (κ2) is 4.15. The van der Waals surface area contributed by atoms with Crippen LogP contribution in [0.3, 0.4) is 0 Å². The minimum Gasteiger partial charge on any atom is -0.481 e. The van der Waals surface area contributed by atoms with Crippen LogP contribution >= 0.6 is 0 Å². The van der Waals surface area contributed by atoms with Crippen LogP contribution < -0.4 is 5.63 Å². The van der Waals surface area contributed by atoms with Crippen LogP contribution in [0.15, 0.2) is 9.32 Å². The molecule has 5 heteroatoms.